The van der Waals surface area contributed by atoms with Gasteiger partial charge in [0, 0.05) is 5.92 Å². The molecule has 0 spiro atoms. The minimum absolute atomic E-state index is 0.489. The van der Waals surface area contributed by atoms with Crippen LogP contribution in [0.15, 0.2) is 11.4 Å². The van der Waals surface area contributed by atoms with Gasteiger partial charge in [-0.3, -0.25) is 0 Å². The average Bonchev–Trinajstić information content (AvgIpc) is 2.94. The van der Waals surface area contributed by atoms with E-state index in [1.807, 2.05) is 11.4 Å². The van der Waals surface area contributed by atoms with Gasteiger partial charge in [-0.05, 0) is 49.0 Å². The van der Waals surface area contributed by atoms with Crippen molar-refractivity contribution in [2.75, 3.05) is 5.43 Å². The van der Waals surface area contributed by atoms with Gasteiger partial charge in [0.2, 0.25) is 0 Å². The maximum absolute atomic E-state index is 5.60. The van der Waals surface area contributed by atoms with Gasteiger partial charge < -0.3 is 5.43 Å². The molecule has 1 fully saturated rings. The first-order chi connectivity index (χ1) is 9.69. The fourth-order valence-corrected chi connectivity index (χ4v) is 3.98. The number of nitrogen functional groups attached to an aromatic ring is 1. The van der Waals surface area contributed by atoms with Crippen molar-refractivity contribution in [1.29, 1.82) is 0 Å². The largest absolute Gasteiger partial charge is 0.308 e. The van der Waals surface area contributed by atoms with Crippen LogP contribution in [0.3, 0.4) is 0 Å². The highest BCUT2D eigenvalue weighted by Gasteiger charge is 2.26. The number of hydrazine groups is 1. The third-order valence-corrected chi connectivity index (χ3v) is 5.37. The number of nitrogens with one attached hydrogen (secondary N) is 1. The average molecular weight is 290 g/mol. The van der Waals surface area contributed by atoms with Gasteiger partial charge in [-0.2, -0.15) is 0 Å². The Hall–Kier alpha value is -1.20. The molecule has 0 aromatic carbocycles. The summed E-state index contributed by atoms with van der Waals surface area (Å²) in [6.45, 7) is 4.66. The van der Waals surface area contributed by atoms with Gasteiger partial charge in [-0.25, -0.2) is 15.8 Å². The highest BCUT2D eigenvalue weighted by molar-refractivity contribution is 7.16. The summed E-state index contributed by atoms with van der Waals surface area (Å²) in [7, 11) is 0. The van der Waals surface area contributed by atoms with E-state index in [1.54, 1.807) is 11.3 Å². The number of nitrogens with two attached hydrogens (primary N) is 1. The van der Waals surface area contributed by atoms with Crippen LogP contribution in [-0.4, -0.2) is 9.97 Å². The molecule has 0 atom stereocenters. The van der Waals surface area contributed by atoms with Crippen molar-refractivity contribution in [1.82, 2.24) is 9.97 Å². The first-order valence-corrected chi connectivity index (χ1v) is 8.28. The van der Waals surface area contributed by atoms with Gasteiger partial charge in [0.15, 0.2) is 5.82 Å². The van der Waals surface area contributed by atoms with E-state index in [9.17, 15) is 0 Å². The highest BCUT2D eigenvalue weighted by Crippen LogP contribution is 2.38. The molecule has 20 heavy (non-hydrogen) atoms. The Morgan fingerprint density at radius 1 is 1.25 bits per heavy atom. The lowest BCUT2D eigenvalue weighted by Crippen LogP contribution is -2.19. The molecule has 0 aliphatic heterocycles. The molecule has 0 saturated heterocycles. The summed E-state index contributed by atoms with van der Waals surface area (Å²) in [5, 5.41) is 3.07. The van der Waals surface area contributed by atoms with Crippen molar-refractivity contribution in [2.24, 2.45) is 17.7 Å². The van der Waals surface area contributed by atoms with Crippen molar-refractivity contribution in [3.63, 3.8) is 0 Å². The molecular weight excluding hydrogens is 268 g/mol. The normalized spacial score (nSPS) is 23.4. The van der Waals surface area contributed by atoms with Gasteiger partial charge in [-0.15, -0.1) is 11.3 Å². The Balaban J connectivity index is 1.84. The Kier molecular flexibility index (Phi) is 3.89. The van der Waals surface area contributed by atoms with Crippen LogP contribution in [0, 0.1) is 11.8 Å². The van der Waals surface area contributed by atoms with Gasteiger partial charge in [0.25, 0.3) is 0 Å². The van der Waals surface area contributed by atoms with Crippen LogP contribution in [0.5, 0.6) is 0 Å². The second-order valence-corrected chi connectivity index (χ2v) is 6.96. The molecule has 3 N–H and O–H groups in total. The van der Waals surface area contributed by atoms with Crippen LogP contribution in [0.2, 0.25) is 0 Å². The molecular formula is C15H22N4S. The zero-order chi connectivity index (χ0) is 14.1. The molecule has 1 aliphatic carbocycles. The molecule has 0 unspecified atom stereocenters. The summed E-state index contributed by atoms with van der Waals surface area (Å²) < 4.78 is 0. The summed E-state index contributed by atoms with van der Waals surface area (Å²) in [4.78, 5) is 10.4. The minimum atomic E-state index is 0.489. The van der Waals surface area contributed by atoms with E-state index >= 15 is 0 Å². The van der Waals surface area contributed by atoms with Crippen molar-refractivity contribution < 1.29 is 0 Å². The number of aromatic nitrogens is 2. The van der Waals surface area contributed by atoms with Gasteiger partial charge in [-0.1, -0.05) is 13.8 Å². The van der Waals surface area contributed by atoms with Crippen LogP contribution in [0.25, 0.3) is 10.2 Å². The van der Waals surface area contributed by atoms with Crippen LogP contribution < -0.4 is 11.3 Å². The Morgan fingerprint density at radius 3 is 2.65 bits per heavy atom. The molecule has 5 heteroatoms. The standard InChI is InChI=1S/C15H22N4S/c1-9(2)10-3-5-11(6-4-10)13-17-14(19-16)12-7-8-20-15(12)18-13/h7-11H,3-6,16H2,1-2H3,(H,17,18,19). The third kappa shape index (κ3) is 2.52. The summed E-state index contributed by atoms with van der Waals surface area (Å²) in [5.74, 6) is 9.47. The fourth-order valence-electron chi connectivity index (χ4n) is 3.21. The summed E-state index contributed by atoms with van der Waals surface area (Å²) >= 11 is 1.65. The molecule has 1 saturated carbocycles. The Labute approximate surface area is 123 Å². The molecule has 108 valence electrons. The topological polar surface area (TPSA) is 63.8 Å². The summed E-state index contributed by atoms with van der Waals surface area (Å²) in [5.41, 5.74) is 2.72. The SMILES string of the molecule is CC(C)C1CCC(c2nc(NN)c3ccsc3n2)CC1. The maximum Gasteiger partial charge on any atom is 0.152 e. The Morgan fingerprint density at radius 2 is 2.00 bits per heavy atom. The fraction of sp³-hybridized carbons (Fsp3) is 0.600. The molecule has 3 rings (SSSR count). The molecule has 2 heterocycles. The van der Waals surface area contributed by atoms with Crippen molar-refractivity contribution in [3.05, 3.63) is 17.3 Å². The van der Waals surface area contributed by atoms with E-state index in [4.69, 9.17) is 10.8 Å². The first-order valence-electron chi connectivity index (χ1n) is 7.40. The van der Waals surface area contributed by atoms with Crippen LogP contribution in [0.1, 0.15) is 51.3 Å². The van der Waals surface area contributed by atoms with E-state index < -0.39 is 0 Å². The number of thiophene rings is 1. The third-order valence-electron chi connectivity index (χ3n) is 4.56. The van der Waals surface area contributed by atoms with Crippen LogP contribution in [0.4, 0.5) is 5.82 Å². The van der Waals surface area contributed by atoms with Crippen LogP contribution in [-0.2, 0) is 0 Å². The van der Waals surface area contributed by atoms with Crippen molar-refractivity contribution in [3.8, 4) is 0 Å². The quantitative estimate of drug-likeness (QED) is 0.664. The lowest BCUT2D eigenvalue weighted by molar-refractivity contribution is 0.255. The smallest absolute Gasteiger partial charge is 0.152 e. The maximum atomic E-state index is 5.60. The number of rotatable bonds is 3. The van der Waals surface area contributed by atoms with Gasteiger partial charge >= 0.3 is 0 Å². The Bertz CT molecular complexity index is 585. The van der Waals surface area contributed by atoms with E-state index in [-0.39, 0.29) is 0 Å². The molecule has 0 bridgehead atoms. The number of nitrogens with zero attached hydrogens (tertiary/aromatic N) is 2. The minimum Gasteiger partial charge on any atom is -0.308 e. The first kappa shape index (κ1) is 13.8. The summed E-state index contributed by atoms with van der Waals surface area (Å²) in [6.07, 6.45) is 4.98. The molecule has 4 nitrogen and oxygen atoms in total. The van der Waals surface area contributed by atoms with Gasteiger partial charge in [0.05, 0.1) is 5.39 Å². The van der Waals surface area contributed by atoms with E-state index in [1.165, 1.54) is 25.7 Å². The number of fused-ring (bicyclic) bond motifs is 1. The van der Waals surface area contributed by atoms with Crippen molar-refractivity contribution >= 4 is 27.4 Å². The lowest BCUT2D eigenvalue weighted by Gasteiger charge is -2.30. The lowest BCUT2D eigenvalue weighted by atomic mass is 9.77. The highest BCUT2D eigenvalue weighted by atomic mass is 32.1. The predicted octanol–water partition coefficient (Wildman–Crippen LogP) is 3.91. The second-order valence-electron chi connectivity index (χ2n) is 6.07. The van der Waals surface area contributed by atoms with Gasteiger partial charge in [0.1, 0.15) is 10.7 Å². The number of hydrogen-bond acceptors (Lipinski definition) is 5. The molecule has 0 amide bonds. The number of anilines is 1. The second kappa shape index (κ2) is 5.66. The van der Waals surface area contributed by atoms with Crippen LogP contribution >= 0.6 is 11.3 Å². The zero-order valence-electron chi connectivity index (χ0n) is 12.1. The molecule has 1 aliphatic rings. The van der Waals surface area contributed by atoms with Crippen molar-refractivity contribution in [2.45, 2.75) is 45.4 Å². The van der Waals surface area contributed by atoms with E-state index in [2.05, 4.69) is 24.3 Å². The van der Waals surface area contributed by atoms with E-state index in [0.717, 1.165) is 33.7 Å². The number of hydrogen-bond donors (Lipinski definition) is 2. The predicted molar refractivity (Wildman–Crippen MR) is 84.8 cm³/mol. The van der Waals surface area contributed by atoms with E-state index in [0.29, 0.717) is 5.92 Å². The summed E-state index contributed by atoms with van der Waals surface area (Å²) in [6, 6.07) is 2.02. The zero-order valence-corrected chi connectivity index (χ0v) is 12.9. The molecule has 2 aromatic rings. The monoisotopic (exact) mass is 290 g/mol. The molecule has 2 aromatic heterocycles. The molecule has 0 radical (unpaired) electrons.